The molecule has 2 aliphatic heterocycles. The zero-order valence-corrected chi connectivity index (χ0v) is 16.5. The Morgan fingerprint density at radius 1 is 1.17 bits per heavy atom. The Hall–Kier alpha value is -3.29. The molecule has 3 amide bonds. The third-order valence-electron chi connectivity index (χ3n) is 5.63. The molecule has 1 N–H and O–H groups in total. The summed E-state index contributed by atoms with van der Waals surface area (Å²) >= 11 is 0. The minimum atomic E-state index is -0.646. The standard InChI is InChI=1S/C21H24N4O4/c1-23-9-3-4-17(23)21(28)24-10-11-25-18(13-24)19(26)22-16(20(25)27)12-14-5-7-15(29-2)8-6-14/h3-9,16,18H,10-13H2,1-2H3,(H,22,26)/t16-,18+/m0/s1. The zero-order valence-electron chi connectivity index (χ0n) is 16.5. The number of carbonyl (C=O) groups excluding carboxylic acids is 3. The first-order valence-electron chi connectivity index (χ1n) is 9.62. The van der Waals surface area contributed by atoms with Crippen molar-refractivity contribution in [3.8, 4) is 5.75 Å². The van der Waals surface area contributed by atoms with Crippen LogP contribution in [0.2, 0.25) is 0 Å². The van der Waals surface area contributed by atoms with E-state index in [0.717, 1.165) is 11.3 Å². The van der Waals surface area contributed by atoms with Crippen molar-refractivity contribution in [2.75, 3.05) is 26.7 Å². The molecule has 2 aromatic rings. The molecule has 2 fully saturated rings. The highest BCUT2D eigenvalue weighted by atomic mass is 16.5. The van der Waals surface area contributed by atoms with Gasteiger partial charge in [-0.1, -0.05) is 12.1 Å². The van der Waals surface area contributed by atoms with Crippen LogP contribution in [-0.4, -0.2) is 70.9 Å². The number of methoxy groups -OCH3 is 1. The number of aromatic nitrogens is 1. The maximum Gasteiger partial charge on any atom is 0.270 e. The van der Waals surface area contributed by atoms with Gasteiger partial charge in [0.25, 0.3) is 5.91 Å². The van der Waals surface area contributed by atoms with E-state index >= 15 is 0 Å². The number of hydrogen-bond acceptors (Lipinski definition) is 4. The first-order chi connectivity index (χ1) is 14.0. The lowest BCUT2D eigenvalue weighted by Crippen LogP contribution is -2.70. The third kappa shape index (κ3) is 3.57. The van der Waals surface area contributed by atoms with Crippen LogP contribution in [0.4, 0.5) is 0 Å². The Morgan fingerprint density at radius 2 is 1.93 bits per heavy atom. The fraction of sp³-hybridized carbons (Fsp3) is 0.381. The number of nitrogens with one attached hydrogen (secondary N) is 1. The topological polar surface area (TPSA) is 83.9 Å². The predicted octanol–water partition coefficient (Wildman–Crippen LogP) is 0.428. The SMILES string of the molecule is COc1ccc(C[C@@H]2NC(=O)[C@H]3CN(C(=O)c4cccn4C)CCN3C2=O)cc1. The van der Waals surface area contributed by atoms with Crippen LogP contribution in [0.5, 0.6) is 5.75 Å². The smallest absolute Gasteiger partial charge is 0.270 e. The predicted molar refractivity (Wildman–Crippen MR) is 105 cm³/mol. The van der Waals surface area contributed by atoms with Crippen LogP contribution in [0.1, 0.15) is 16.1 Å². The first kappa shape index (κ1) is 19.0. The molecule has 0 aliphatic carbocycles. The van der Waals surface area contributed by atoms with Crippen LogP contribution in [0, 0.1) is 0 Å². The van der Waals surface area contributed by atoms with Crippen molar-refractivity contribution in [2.45, 2.75) is 18.5 Å². The lowest BCUT2D eigenvalue weighted by Gasteiger charge is -2.45. The number of benzene rings is 1. The summed E-state index contributed by atoms with van der Waals surface area (Å²) in [6.45, 7) is 0.970. The summed E-state index contributed by atoms with van der Waals surface area (Å²) in [5.74, 6) is 0.300. The maximum absolute atomic E-state index is 13.0. The van der Waals surface area contributed by atoms with Crippen molar-refractivity contribution in [1.29, 1.82) is 0 Å². The quantitative estimate of drug-likeness (QED) is 0.812. The maximum atomic E-state index is 13.0. The Balaban J connectivity index is 1.44. The average molecular weight is 396 g/mol. The van der Waals surface area contributed by atoms with Crippen molar-refractivity contribution in [2.24, 2.45) is 7.05 Å². The van der Waals surface area contributed by atoms with Gasteiger partial charge in [-0.25, -0.2) is 0 Å². The van der Waals surface area contributed by atoms with E-state index in [2.05, 4.69) is 5.32 Å². The van der Waals surface area contributed by atoms with Gasteiger partial charge in [-0.2, -0.15) is 0 Å². The van der Waals surface area contributed by atoms with E-state index in [1.165, 1.54) is 0 Å². The van der Waals surface area contributed by atoms with Crippen LogP contribution in [0.25, 0.3) is 0 Å². The lowest BCUT2D eigenvalue weighted by molar-refractivity contribution is -0.152. The van der Waals surface area contributed by atoms with E-state index in [1.807, 2.05) is 43.6 Å². The first-order valence-corrected chi connectivity index (χ1v) is 9.62. The second kappa shape index (κ2) is 7.62. The fourth-order valence-electron chi connectivity index (χ4n) is 3.97. The molecule has 2 atom stereocenters. The van der Waals surface area contributed by atoms with Crippen LogP contribution in [0.3, 0.4) is 0 Å². The second-order valence-corrected chi connectivity index (χ2v) is 7.42. The molecule has 3 heterocycles. The summed E-state index contributed by atoms with van der Waals surface area (Å²) in [5, 5.41) is 2.84. The summed E-state index contributed by atoms with van der Waals surface area (Å²) < 4.78 is 6.91. The molecule has 0 spiro atoms. The van der Waals surface area contributed by atoms with Crippen molar-refractivity contribution in [1.82, 2.24) is 19.7 Å². The number of amides is 3. The number of hydrogen-bond donors (Lipinski definition) is 1. The monoisotopic (exact) mass is 396 g/mol. The van der Waals surface area contributed by atoms with E-state index in [4.69, 9.17) is 4.74 Å². The average Bonchev–Trinajstić information content (AvgIpc) is 3.17. The molecule has 0 unspecified atom stereocenters. The van der Waals surface area contributed by atoms with Gasteiger partial charge in [0.2, 0.25) is 11.8 Å². The highest BCUT2D eigenvalue weighted by Gasteiger charge is 2.44. The molecule has 1 aromatic carbocycles. The van der Waals surface area contributed by atoms with Crippen molar-refractivity contribution in [3.05, 3.63) is 53.9 Å². The Bertz CT molecular complexity index is 936. The second-order valence-electron chi connectivity index (χ2n) is 7.42. The molecule has 8 heteroatoms. The van der Waals surface area contributed by atoms with Crippen LogP contribution in [0.15, 0.2) is 42.6 Å². The van der Waals surface area contributed by atoms with Crippen molar-refractivity contribution in [3.63, 3.8) is 0 Å². The van der Waals surface area contributed by atoms with Gasteiger partial charge in [-0.15, -0.1) is 0 Å². The minimum absolute atomic E-state index is 0.101. The van der Waals surface area contributed by atoms with Crippen molar-refractivity contribution < 1.29 is 19.1 Å². The number of rotatable bonds is 4. The zero-order chi connectivity index (χ0) is 20.5. The molecular weight excluding hydrogens is 372 g/mol. The van der Waals surface area contributed by atoms with E-state index in [9.17, 15) is 14.4 Å². The highest BCUT2D eigenvalue weighted by molar-refractivity contribution is 5.99. The van der Waals surface area contributed by atoms with Gasteiger partial charge in [0.1, 0.15) is 23.5 Å². The molecule has 8 nitrogen and oxygen atoms in total. The van der Waals surface area contributed by atoms with Crippen LogP contribution in [-0.2, 0) is 23.1 Å². The number of fused-ring (bicyclic) bond motifs is 1. The summed E-state index contributed by atoms with van der Waals surface area (Å²) in [6.07, 6.45) is 2.23. The lowest BCUT2D eigenvalue weighted by atomic mass is 9.98. The summed E-state index contributed by atoms with van der Waals surface area (Å²) in [7, 11) is 3.41. The number of carbonyl (C=O) groups is 3. The molecule has 152 valence electrons. The van der Waals surface area contributed by atoms with Gasteiger partial charge in [-0.05, 0) is 29.8 Å². The van der Waals surface area contributed by atoms with E-state index < -0.39 is 12.1 Å². The molecular formula is C21H24N4O4. The molecule has 0 bridgehead atoms. The van der Waals surface area contributed by atoms with Gasteiger partial charge in [-0.3, -0.25) is 14.4 Å². The van der Waals surface area contributed by atoms with E-state index in [0.29, 0.717) is 25.2 Å². The number of aryl methyl sites for hydroxylation is 1. The van der Waals surface area contributed by atoms with E-state index in [1.54, 1.807) is 27.5 Å². The normalized spacial score (nSPS) is 21.6. The van der Waals surface area contributed by atoms with Crippen LogP contribution < -0.4 is 10.1 Å². The Morgan fingerprint density at radius 3 is 2.59 bits per heavy atom. The summed E-state index contributed by atoms with van der Waals surface area (Å²) in [5.41, 5.74) is 1.51. The number of ether oxygens (including phenoxy) is 1. The van der Waals surface area contributed by atoms with Crippen LogP contribution >= 0.6 is 0 Å². The molecule has 1 aromatic heterocycles. The van der Waals surface area contributed by atoms with Gasteiger partial charge < -0.3 is 24.4 Å². The van der Waals surface area contributed by atoms with Gasteiger partial charge in [0.15, 0.2) is 0 Å². The Labute approximate surface area is 169 Å². The largest absolute Gasteiger partial charge is 0.497 e. The molecule has 0 radical (unpaired) electrons. The van der Waals surface area contributed by atoms with E-state index in [-0.39, 0.29) is 24.3 Å². The molecule has 29 heavy (non-hydrogen) atoms. The van der Waals surface area contributed by atoms with Gasteiger partial charge in [0.05, 0.1) is 13.7 Å². The highest BCUT2D eigenvalue weighted by Crippen LogP contribution is 2.21. The number of piperazine rings is 2. The number of nitrogens with zero attached hydrogens (tertiary/aromatic N) is 3. The molecule has 4 rings (SSSR count). The summed E-state index contributed by atoms with van der Waals surface area (Å²) in [6, 6.07) is 9.77. The van der Waals surface area contributed by atoms with Crippen molar-refractivity contribution >= 4 is 17.7 Å². The fourth-order valence-corrected chi connectivity index (χ4v) is 3.97. The summed E-state index contributed by atoms with van der Waals surface area (Å²) in [4.78, 5) is 41.7. The third-order valence-corrected chi connectivity index (χ3v) is 5.63. The molecule has 0 saturated carbocycles. The van der Waals surface area contributed by atoms with Gasteiger partial charge >= 0.3 is 0 Å². The minimum Gasteiger partial charge on any atom is -0.497 e. The van der Waals surface area contributed by atoms with Gasteiger partial charge in [0, 0.05) is 32.8 Å². The Kier molecular flexibility index (Phi) is 5.00. The molecule has 2 aliphatic rings. The molecule has 2 saturated heterocycles.